The van der Waals surface area contributed by atoms with Gasteiger partial charge in [-0.15, -0.1) is 0 Å². The standard InChI is InChI=1S/C21H23N2O2.BrH/c1-3-4-14-20-22(2)21(25)17-12-8-9-13-18(17)23(20)15-19(24)16-10-6-5-7-11-16;/h5-13H,3-4,14-15H2,1-2H3;1H/q+1;/p-1. The van der Waals surface area contributed by atoms with Crippen molar-refractivity contribution in [2.75, 3.05) is 0 Å². The van der Waals surface area contributed by atoms with Gasteiger partial charge in [0.05, 0.1) is 7.05 Å². The lowest BCUT2D eigenvalue weighted by atomic mass is 10.1. The van der Waals surface area contributed by atoms with Gasteiger partial charge in [-0.1, -0.05) is 55.8 Å². The molecule has 3 aromatic rings. The Bertz CT molecular complexity index is 965. The van der Waals surface area contributed by atoms with Crippen molar-refractivity contribution in [1.82, 2.24) is 4.57 Å². The molecule has 2 aromatic carbocycles. The fourth-order valence-electron chi connectivity index (χ4n) is 3.18. The van der Waals surface area contributed by atoms with Crippen LogP contribution in [0.15, 0.2) is 59.4 Å². The average molecular weight is 415 g/mol. The molecule has 3 rings (SSSR count). The number of para-hydroxylation sites is 1. The summed E-state index contributed by atoms with van der Waals surface area (Å²) in [5, 5.41) is 0.645. The first-order chi connectivity index (χ1) is 12.1. The minimum atomic E-state index is -0.00915. The Morgan fingerprint density at radius 1 is 1.04 bits per heavy atom. The van der Waals surface area contributed by atoms with Gasteiger partial charge in [-0.2, -0.15) is 4.57 Å². The predicted molar refractivity (Wildman–Crippen MR) is 98.8 cm³/mol. The lowest BCUT2D eigenvalue weighted by molar-refractivity contribution is -0.669. The summed E-state index contributed by atoms with van der Waals surface area (Å²) in [5.41, 5.74) is 1.50. The number of aromatic nitrogens is 2. The summed E-state index contributed by atoms with van der Waals surface area (Å²) < 4.78 is 3.69. The van der Waals surface area contributed by atoms with Gasteiger partial charge in [0, 0.05) is 12.0 Å². The molecule has 1 heterocycles. The number of unbranched alkanes of at least 4 members (excludes halogenated alkanes) is 1. The molecule has 0 aliphatic carbocycles. The van der Waals surface area contributed by atoms with Gasteiger partial charge in [-0.3, -0.25) is 4.79 Å². The smallest absolute Gasteiger partial charge is 0.345 e. The first-order valence-electron chi connectivity index (χ1n) is 8.72. The van der Waals surface area contributed by atoms with Crippen molar-refractivity contribution in [2.24, 2.45) is 7.05 Å². The molecule has 0 bridgehead atoms. The Balaban J connectivity index is 0.00000243. The van der Waals surface area contributed by atoms with Crippen LogP contribution >= 0.6 is 0 Å². The summed E-state index contributed by atoms with van der Waals surface area (Å²) in [7, 11) is 1.79. The van der Waals surface area contributed by atoms with E-state index >= 15 is 0 Å². The molecule has 5 heteroatoms. The van der Waals surface area contributed by atoms with Gasteiger partial charge in [0.2, 0.25) is 5.78 Å². The lowest BCUT2D eigenvalue weighted by Crippen LogP contribution is -3.00. The summed E-state index contributed by atoms with van der Waals surface area (Å²) >= 11 is 0. The fraction of sp³-hybridized carbons (Fsp3) is 0.286. The summed E-state index contributed by atoms with van der Waals surface area (Å²) in [6.07, 6.45) is 2.79. The highest BCUT2D eigenvalue weighted by atomic mass is 79.9. The maximum atomic E-state index is 12.8. The molecule has 4 nitrogen and oxygen atoms in total. The zero-order chi connectivity index (χ0) is 17.8. The molecular weight excluding hydrogens is 392 g/mol. The van der Waals surface area contributed by atoms with Crippen LogP contribution in [0.2, 0.25) is 0 Å². The minimum Gasteiger partial charge on any atom is -1.00 e. The molecule has 0 unspecified atom stereocenters. The van der Waals surface area contributed by atoms with E-state index in [2.05, 4.69) is 6.92 Å². The van der Waals surface area contributed by atoms with Crippen LogP contribution in [-0.4, -0.2) is 10.4 Å². The number of halogens is 1. The van der Waals surface area contributed by atoms with E-state index in [4.69, 9.17) is 0 Å². The highest BCUT2D eigenvalue weighted by molar-refractivity contribution is 5.95. The molecule has 0 fully saturated rings. The van der Waals surface area contributed by atoms with Gasteiger partial charge in [0.1, 0.15) is 10.9 Å². The van der Waals surface area contributed by atoms with E-state index in [1.165, 1.54) is 0 Å². The number of carbonyl (C=O) groups is 1. The third-order valence-corrected chi connectivity index (χ3v) is 4.58. The fourth-order valence-corrected chi connectivity index (χ4v) is 3.18. The number of hydrogen-bond donors (Lipinski definition) is 0. The molecule has 0 radical (unpaired) electrons. The number of benzene rings is 2. The van der Waals surface area contributed by atoms with Gasteiger partial charge in [0.25, 0.3) is 5.82 Å². The van der Waals surface area contributed by atoms with Crippen LogP contribution in [0.25, 0.3) is 10.9 Å². The molecule has 26 heavy (non-hydrogen) atoms. The maximum absolute atomic E-state index is 12.8. The maximum Gasteiger partial charge on any atom is 0.345 e. The Hall–Kier alpha value is -2.27. The number of rotatable bonds is 6. The van der Waals surface area contributed by atoms with Crippen molar-refractivity contribution in [3.05, 3.63) is 76.3 Å². The molecule has 1 aromatic heterocycles. The van der Waals surface area contributed by atoms with E-state index < -0.39 is 0 Å². The molecule has 0 amide bonds. The Morgan fingerprint density at radius 3 is 2.38 bits per heavy atom. The third kappa shape index (κ3) is 3.93. The Kier molecular flexibility index (Phi) is 6.86. The van der Waals surface area contributed by atoms with Crippen molar-refractivity contribution in [3.63, 3.8) is 0 Å². The number of Topliss-reactive ketones (excluding diaryl/α,β-unsaturated/α-hetero) is 1. The van der Waals surface area contributed by atoms with Crippen LogP contribution in [0.4, 0.5) is 0 Å². The van der Waals surface area contributed by atoms with Gasteiger partial charge in [0.15, 0.2) is 6.54 Å². The van der Waals surface area contributed by atoms with Crippen LogP contribution in [0.1, 0.15) is 35.9 Å². The molecule has 0 saturated carbocycles. The zero-order valence-corrected chi connectivity index (χ0v) is 16.7. The van der Waals surface area contributed by atoms with Crippen LogP contribution in [0, 0.1) is 0 Å². The Morgan fingerprint density at radius 2 is 1.69 bits per heavy atom. The topological polar surface area (TPSA) is 43.0 Å². The van der Waals surface area contributed by atoms with E-state index in [-0.39, 0.29) is 34.9 Å². The quantitative estimate of drug-likeness (QED) is 0.422. The summed E-state index contributed by atoms with van der Waals surface area (Å²) in [6, 6.07) is 16.8. The summed E-state index contributed by atoms with van der Waals surface area (Å²) in [6.45, 7) is 2.36. The number of carbonyl (C=O) groups excluding carboxylic acids is 1. The first-order valence-corrected chi connectivity index (χ1v) is 8.72. The highest BCUT2D eigenvalue weighted by Crippen LogP contribution is 2.09. The number of hydrogen-bond acceptors (Lipinski definition) is 2. The normalized spacial score (nSPS) is 10.5. The molecule has 0 spiro atoms. The second kappa shape index (κ2) is 8.90. The van der Waals surface area contributed by atoms with Gasteiger partial charge >= 0.3 is 5.56 Å². The lowest BCUT2D eigenvalue weighted by Gasteiger charge is -2.12. The van der Waals surface area contributed by atoms with Crippen LogP contribution < -0.4 is 27.1 Å². The number of ketones is 1. The second-order valence-corrected chi connectivity index (χ2v) is 6.28. The van der Waals surface area contributed by atoms with Gasteiger partial charge < -0.3 is 17.0 Å². The van der Waals surface area contributed by atoms with E-state index in [1.807, 2.05) is 59.2 Å². The Labute approximate surface area is 163 Å². The second-order valence-electron chi connectivity index (χ2n) is 6.28. The van der Waals surface area contributed by atoms with Crippen molar-refractivity contribution < 1.29 is 26.3 Å². The monoisotopic (exact) mass is 414 g/mol. The van der Waals surface area contributed by atoms with E-state index in [0.717, 1.165) is 30.6 Å². The minimum absolute atomic E-state index is 0. The third-order valence-electron chi connectivity index (χ3n) is 4.58. The molecule has 0 N–H and O–H groups in total. The van der Waals surface area contributed by atoms with Crippen molar-refractivity contribution >= 4 is 16.7 Å². The van der Waals surface area contributed by atoms with E-state index in [9.17, 15) is 9.59 Å². The molecule has 0 saturated heterocycles. The van der Waals surface area contributed by atoms with Crippen molar-refractivity contribution in [2.45, 2.75) is 32.7 Å². The molecular formula is C21H23BrN2O2. The number of nitrogens with zero attached hydrogens (tertiary/aromatic N) is 2. The molecule has 0 aliphatic rings. The van der Waals surface area contributed by atoms with Crippen LogP contribution in [0.3, 0.4) is 0 Å². The first kappa shape index (κ1) is 20.0. The average Bonchev–Trinajstić information content (AvgIpc) is 2.66. The van der Waals surface area contributed by atoms with Gasteiger partial charge in [-0.25, -0.2) is 9.36 Å². The van der Waals surface area contributed by atoms with Crippen molar-refractivity contribution in [1.29, 1.82) is 0 Å². The summed E-state index contributed by atoms with van der Waals surface area (Å²) in [4.78, 5) is 25.5. The van der Waals surface area contributed by atoms with E-state index in [0.29, 0.717) is 10.9 Å². The number of fused-ring (bicyclic) bond motifs is 1. The molecule has 136 valence electrons. The highest BCUT2D eigenvalue weighted by Gasteiger charge is 2.23. The largest absolute Gasteiger partial charge is 1.00 e. The summed E-state index contributed by atoms with van der Waals surface area (Å²) in [5.74, 6) is 0.946. The van der Waals surface area contributed by atoms with Gasteiger partial charge in [-0.05, 0) is 18.6 Å². The zero-order valence-electron chi connectivity index (χ0n) is 15.1. The SMILES string of the molecule is CCCCc1n(C)c(=O)c2ccccc2[n+]1CC(=O)c1ccccc1.[Br-]. The van der Waals surface area contributed by atoms with E-state index in [1.54, 1.807) is 11.6 Å². The molecule has 0 atom stereocenters. The molecule has 0 aliphatic heterocycles. The predicted octanol–water partition coefficient (Wildman–Crippen LogP) is 0.0555. The van der Waals surface area contributed by atoms with Crippen LogP contribution in [0.5, 0.6) is 0 Å². The van der Waals surface area contributed by atoms with Crippen molar-refractivity contribution in [3.8, 4) is 0 Å². The van der Waals surface area contributed by atoms with Crippen LogP contribution in [-0.2, 0) is 20.0 Å².